The second kappa shape index (κ2) is 3.35. The highest BCUT2D eigenvalue weighted by Gasteiger charge is 2.41. The van der Waals surface area contributed by atoms with E-state index in [1.165, 1.54) is 19.3 Å². The Bertz CT molecular complexity index is 152. The van der Waals surface area contributed by atoms with E-state index in [1.54, 1.807) is 0 Å². The summed E-state index contributed by atoms with van der Waals surface area (Å²) in [6.07, 6.45) is 5.90. The van der Waals surface area contributed by atoms with Gasteiger partial charge in [0.05, 0.1) is 13.2 Å². The quantitative estimate of drug-likeness (QED) is 0.601. The first-order valence-electron chi connectivity index (χ1n) is 5.12. The molecule has 1 saturated carbocycles. The van der Waals surface area contributed by atoms with Gasteiger partial charge in [0.15, 0.2) is 5.79 Å². The van der Waals surface area contributed by atoms with E-state index in [2.05, 4.69) is 6.92 Å². The lowest BCUT2D eigenvalue weighted by Crippen LogP contribution is -2.42. The van der Waals surface area contributed by atoms with E-state index in [-0.39, 0.29) is 5.79 Å². The maximum atomic E-state index is 5.81. The van der Waals surface area contributed by atoms with Gasteiger partial charge in [0.25, 0.3) is 0 Å². The largest absolute Gasteiger partial charge is 0.350 e. The molecule has 0 aromatic rings. The van der Waals surface area contributed by atoms with Gasteiger partial charge in [-0.15, -0.1) is 0 Å². The molecule has 12 heavy (non-hydrogen) atoms. The Morgan fingerprint density at radius 2 is 2.17 bits per heavy atom. The molecule has 0 amide bonds. The minimum atomic E-state index is -0.135. The van der Waals surface area contributed by atoms with Crippen LogP contribution in [-0.4, -0.2) is 19.0 Å². The minimum Gasteiger partial charge on any atom is -0.350 e. The molecule has 0 aromatic heterocycles. The number of rotatable bonds is 1. The van der Waals surface area contributed by atoms with Gasteiger partial charge < -0.3 is 9.47 Å². The molecule has 1 aliphatic carbocycles. The van der Waals surface area contributed by atoms with E-state index in [9.17, 15) is 0 Å². The van der Waals surface area contributed by atoms with Crippen LogP contribution in [0.4, 0.5) is 0 Å². The van der Waals surface area contributed by atoms with Gasteiger partial charge in [-0.3, -0.25) is 0 Å². The van der Waals surface area contributed by atoms with Crippen molar-refractivity contribution < 1.29 is 9.47 Å². The molecule has 70 valence electrons. The summed E-state index contributed by atoms with van der Waals surface area (Å²) >= 11 is 0. The van der Waals surface area contributed by atoms with Crippen LogP contribution < -0.4 is 0 Å². The van der Waals surface area contributed by atoms with Crippen molar-refractivity contribution in [2.24, 2.45) is 5.92 Å². The molecule has 0 aromatic carbocycles. The van der Waals surface area contributed by atoms with Crippen LogP contribution in [0.15, 0.2) is 0 Å². The van der Waals surface area contributed by atoms with Gasteiger partial charge in [0.1, 0.15) is 0 Å². The van der Waals surface area contributed by atoms with Crippen LogP contribution in [0.25, 0.3) is 0 Å². The van der Waals surface area contributed by atoms with Crippen molar-refractivity contribution in [3.63, 3.8) is 0 Å². The molecule has 1 spiro atoms. The lowest BCUT2D eigenvalue weighted by Gasteiger charge is -2.39. The van der Waals surface area contributed by atoms with Crippen LogP contribution in [0, 0.1) is 5.92 Å². The summed E-state index contributed by atoms with van der Waals surface area (Å²) in [5.41, 5.74) is 0. The smallest absolute Gasteiger partial charge is 0.168 e. The summed E-state index contributed by atoms with van der Waals surface area (Å²) in [7, 11) is 0. The Labute approximate surface area is 74.2 Å². The predicted octanol–water partition coefficient (Wildman–Crippen LogP) is 2.33. The lowest BCUT2D eigenvalue weighted by atomic mass is 9.91. The maximum Gasteiger partial charge on any atom is 0.168 e. The highest BCUT2D eigenvalue weighted by molar-refractivity contribution is 4.82. The normalized spacial score (nSPS) is 34.2. The Hall–Kier alpha value is -0.0800. The third kappa shape index (κ3) is 1.50. The monoisotopic (exact) mass is 170 g/mol. The van der Waals surface area contributed by atoms with E-state index in [0.29, 0.717) is 0 Å². The van der Waals surface area contributed by atoms with Crippen molar-refractivity contribution in [3.05, 3.63) is 0 Å². The first kappa shape index (κ1) is 8.52. The number of hydrogen-bond acceptors (Lipinski definition) is 2. The molecule has 1 heterocycles. The molecule has 0 radical (unpaired) electrons. The number of ether oxygens (including phenoxy) is 2. The van der Waals surface area contributed by atoms with E-state index >= 15 is 0 Å². The summed E-state index contributed by atoms with van der Waals surface area (Å²) < 4.78 is 11.5. The first-order chi connectivity index (χ1) is 5.85. The minimum absolute atomic E-state index is 0.135. The highest BCUT2D eigenvalue weighted by Crippen LogP contribution is 2.39. The Morgan fingerprint density at radius 1 is 1.33 bits per heavy atom. The SMILES string of the molecule is CCC1CCOC2(CCC2)OC1. The Kier molecular flexibility index (Phi) is 2.37. The van der Waals surface area contributed by atoms with E-state index < -0.39 is 0 Å². The van der Waals surface area contributed by atoms with Crippen LogP contribution in [0.1, 0.15) is 39.0 Å². The molecule has 0 N–H and O–H groups in total. The van der Waals surface area contributed by atoms with Crippen molar-refractivity contribution in [1.29, 1.82) is 0 Å². The zero-order valence-electron chi connectivity index (χ0n) is 7.84. The molecule has 2 aliphatic rings. The van der Waals surface area contributed by atoms with Crippen molar-refractivity contribution in [1.82, 2.24) is 0 Å². The maximum absolute atomic E-state index is 5.81. The van der Waals surface area contributed by atoms with Gasteiger partial charge in [-0.05, 0) is 18.8 Å². The molecule has 2 fully saturated rings. The Morgan fingerprint density at radius 3 is 2.75 bits per heavy atom. The third-order valence-electron chi connectivity index (χ3n) is 3.17. The van der Waals surface area contributed by atoms with Crippen molar-refractivity contribution in [2.75, 3.05) is 13.2 Å². The summed E-state index contributed by atoms with van der Waals surface area (Å²) in [4.78, 5) is 0. The molecule has 1 saturated heterocycles. The van der Waals surface area contributed by atoms with Crippen LogP contribution in [0.5, 0.6) is 0 Å². The molecule has 1 unspecified atom stereocenters. The van der Waals surface area contributed by atoms with E-state index in [0.717, 1.165) is 32.0 Å². The van der Waals surface area contributed by atoms with Crippen molar-refractivity contribution >= 4 is 0 Å². The van der Waals surface area contributed by atoms with Gasteiger partial charge in [-0.2, -0.15) is 0 Å². The van der Waals surface area contributed by atoms with E-state index in [1.807, 2.05) is 0 Å². The third-order valence-corrected chi connectivity index (χ3v) is 3.17. The van der Waals surface area contributed by atoms with Gasteiger partial charge in [0, 0.05) is 12.8 Å². The summed E-state index contributed by atoms with van der Waals surface area (Å²) in [5.74, 6) is 0.592. The fraction of sp³-hybridized carbons (Fsp3) is 1.00. The average Bonchev–Trinajstić information content (AvgIpc) is 2.24. The number of hydrogen-bond donors (Lipinski definition) is 0. The molecule has 2 heteroatoms. The van der Waals surface area contributed by atoms with Crippen molar-refractivity contribution in [2.45, 2.75) is 44.8 Å². The molecule has 1 aliphatic heterocycles. The second-order valence-corrected chi connectivity index (χ2v) is 3.99. The van der Waals surface area contributed by atoms with Crippen molar-refractivity contribution in [3.8, 4) is 0 Å². The average molecular weight is 170 g/mol. The molecular formula is C10H18O2. The lowest BCUT2D eigenvalue weighted by molar-refractivity contribution is -0.267. The fourth-order valence-electron chi connectivity index (χ4n) is 1.88. The molecule has 2 rings (SSSR count). The van der Waals surface area contributed by atoms with Gasteiger partial charge >= 0.3 is 0 Å². The van der Waals surface area contributed by atoms with Gasteiger partial charge in [-0.1, -0.05) is 13.3 Å². The van der Waals surface area contributed by atoms with E-state index in [4.69, 9.17) is 9.47 Å². The summed E-state index contributed by atoms with van der Waals surface area (Å²) in [6, 6.07) is 0. The Balaban J connectivity index is 1.88. The van der Waals surface area contributed by atoms with Crippen LogP contribution in [-0.2, 0) is 9.47 Å². The molecule has 0 bridgehead atoms. The van der Waals surface area contributed by atoms with Crippen LogP contribution >= 0.6 is 0 Å². The highest BCUT2D eigenvalue weighted by atomic mass is 16.7. The molecule has 1 atom stereocenters. The topological polar surface area (TPSA) is 18.5 Å². The molecule has 2 nitrogen and oxygen atoms in total. The zero-order chi connectivity index (χ0) is 8.44. The standard InChI is InChI=1S/C10H18O2/c1-2-9-4-7-11-10(12-8-9)5-3-6-10/h9H,2-8H2,1H3. The fourth-order valence-corrected chi connectivity index (χ4v) is 1.88. The van der Waals surface area contributed by atoms with Crippen LogP contribution in [0.3, 0.4) is 0 Å². The second-order valence-electron chi connectivity index (χ2n) is 3.99. The molecular weight excluding hydrogens is 152 g/mol. The first-order valence-corrected chi connectivity index (χ1v) is 5.12. The van der Waals surface area contributed by atoms with Gasteiger partial charge in [0.2, 0.25) is 0 Å². The predicted molar refractivity (Wildman–Crippen MR) is 46.9 cm³/mol. The zero-order valence-corrected chi connectivity index (χ0v) is 7.84. The summed E-state index contributed by atoms with van der Waals surface area (Å²) in [6.45, 7) is 4.04. The van der Waals surface area contributed by atoms with Crippen LogP contribution in [0.2, 0.25) is 0 Å². The summed E-state index contributed by atoms with van der Waals surface area (Å²) in [5, 5.41) is 0. The van der Waals surface area contributed by atoms with Gasteiger partial charge in [-0.25, -0.2) is 0 Å².